The Balaban J connectivity index is 1.66. The molecule has 2 heterocycles. The lowest BCUT2D eigenvalue weighted by Gasteiger charge is -2.19. The average molecular weight is 532 g/mol. The Morgan fingerprint density at radius 2 is 1.78 bits per heavy atom. The molecule has 0 saturated heterocycles. The van der Waals surface area contributed by atoms with Crippen LogP contribution in [0.4, 0.5) is 24.7 Å². The Morgan fingerprint density at radius 3 is 2.35 bits per heavy atom. The number of methoxy groups -OCH3 is 1. The summed E-state index contributed by atoms with van der Waals surface area (Å²) in [6.45, 7) is 0.140. The summed E-state index contributed by atoms with van der Waals surface area (Å²) in [6.07, 6.45) is -0.501. The largest absolute Gasteiger partial charge is 0.497 e. The molecule has 0 saturated carbocycles. The lowest BCUT2D eigenvalue weighted by Crippen LogP contribution is -2.26. The van der Waals surface area contributed by atoms with Crippen LogP contribution in [0.15, 0.2) is 78.2 Å². The molecule has 37 heavy (non-hydrogen) atoms. The van der Waals surface area contributed by atoms with Gasteiger partial charge in [0.25, 0.3) is 0 Å². The Labute approximate surface area is 212 Å². The van der Waals surface area contributed by atoms with Crippen molar-refractivity contribution in [3.05, 3.63) is 84.4 Å². The van der Waals surface area contributed by atoms with Crippen LogP contribution in [0, 0.1) is 0 Å². The van der Waals surface area contributed by atoms with Gasteiger partial charge in [-0.05, 0) is 48.0 Å². The summed E-state index contributed by atoms with van der Waals surface area (Å²) < 4.78 is 73.5. The van der Waals surface area contributed by atoms with Crippen LogP contribution in [0.5, 0.6) is 5.75 Å². The first-order valence-electron chi connectivity index (χ1n) is 11.0. The molecule has 0 spiro atoms. The molecule has 1 N–H and O–H groups in total. The molecule has 4 rings (SSSR count). The van der Waals surface area contributed by atoms with Crippen molar-refractivity contribution in [2.75, 3.05) is 19.5 Å². The number of imidazole rings is 1. The summed E-state index contributed by atoms with van der Waals surface area (Å²) >= 11 is 0. The number of alkyl halides is 3. The molecular weight excluding hydrogens is 507 g/mol. The molecule has 0 amide bonds. The summed E-state index contributed by atoms with van der Waals surface area (Å²) in [5.74, 6) is 0.831. The summed E-state index contributed by atoms with van der Waals surface area (Å²) in [5, 5.41) is 2.97. The van der Waals surface area contributed by atoms with Gasteiger partial charge in [-0.15, -0.1) is 0 Å². The minimum atomic E-state index is -4.50. The number of rotatable bonds is 8. The van der Waals surface area contributed by atoms with Crippen LogP contribution in [0.25, 0.3) is 11.3 Å². The summed E-state index contributed by atoms with van der Waals surface area (Å²) in [4.78, 5) is 8.20. The van der Waals surface area contributed by atoms with Crippen LogP contribution in [0.1, 0.15) is 11.1 Å². The third-order valence-electron chi connectivity index (χ3n) is 5.60. The number of hydrogen-bond donors (Lipinski definition) is 1. The zero-order valence-corrected chi connectivity index (χ0v) is 21.0. The maximum atomic E-state index is 13.4. The monoisotopic (exact) mass is 531 g/mol. The fraction of sp³-hybridized carbons (Fsp3) is 0.200. The number of pyridine rings is 1. The van der Waals surface area contributed by atoms with Crippen molar-refractivity contribution in [1.29, 1.82) is 0 Å². The first kappa shape index (κ1) is 26.2. The highest BCUT2D eigenvalue weighted by Gasteiger charge is 2.30. The predicted molar refractivity (Wildman–Crippen MR) is 133 cm³/mol. The normalized spacial score (nSPS) is 12.1. The molecule has 4 aromatic rings. The van der Waals surface area contributed by atoms with Gasteiger partial charge in [0, 0.05) is 44.3 Å². The van der Waals surface area contributed by atoms with Crippen LogP contribution in [-0.2, 0) is 29.8 Å². The highest BCUT2D eigenvalue weighted by molar-refractivity contribution is 7.89. The van der Waals surface area contributed by atoms with Gasteiger partial charge in [0.2, 0.25) is 10.0 Å². The molecule has 2 aromatic carbocycles. The summed E-state index contributed by atoms with van der Waals surface area (Å²) in [6, 6.07) is 13.7. The Bertz CT molecular complexity index is 1490. The number of aryl methyl sites for hydroxylation is 1. The first-order chi connectivity index (χ1) is 17.5. The third-order valence-corrected chi connectivity index (χ3v) is 7.40. The van der Waals surface area contributed by atoms with Gasteiger partial charge in [-0.3, -0.25) is 0 Å². The van der Waals surface area contributed by atoms with E-state index in [4.69, 9.17) is 4.74 Å². The molecule has 0 aliphatic heterocycles. The smallest absolute Gasteiger partial charge is 0.417 e. The van der Waals surface area contributed by atoms with Crippen LogP contribution in [-0.4, -0.2) is 41.4 Å². The van der Waals surface area contributed by atoms with Crippen LogP contribution in [0.3, 0.4) is 0 Å². The number of aromatic nitrogens is 3. The zero-order valence-electron chi connectivity index (χ0n) is 20.2. The van der Waals surface area contributed by atoms with E-state index < -0.39 is 21.8 Å². The van der Waals surface area contributed by atoms with Crippen molar-refractivity contribution in [2.24, 2.45) is 7.05 Å². The molecule has 0 bridgehead atoms. The van der Waals surface area contributed by atoms with E-state index in [9.17, 15) is 21.6 Å². The van der Waals surface area contributed by atoms with Crippen molar-refractivity contribution >= 4 is 21.5 Å². The second kappa shape index (κ2) is 10.2. The first-order valence-corrected chi connectivity index (χ1v) is 12.4. The highest BCUT2D eigenvalue weighted by Crippen LogP contribution is 2.33. The van der Waals surface area contributed by atoms with Crippen molar-refractivity contribution in [1.82, 2.24) is 18.8 Å². The zero-order chi connectivity index (χ0) is 26.8. The maximum Gasteiger partial charge on any atom is 0.417 e. The van der Waals surface area contributed by atoms with Crippen molar-refractivity contribution in [3.63, 3.8) is 0 Å². The van der Waals surface area contributed by atoms with Gasteiger partial charge < -0.3 is 14.6 Å². The van der Waals surface area contributed by atoms with Gasteiger partial charge in [0.1, 0.15) is 11.6 Å². The molecule has 194 valence electrons. The van der Waals surface area contributed by atoms with E-state index in [0.717, 1.165) is 17.8 Å². The predicted octanol–water partition coefficient (Wildman–Crippen LogP) is 5.07. The third kappa shape index (κ3) is 5.92. The number of halogens is 3. The number of anilines is 2. The number of nitrogens with zero attached hydrogens (tertiary/aromatic N) is 4. The molecule has 0 aliphatic carbocycles. The van der Waals surface area contributed by atoms with E-state index in [-0.39, 0.29) is 17.3 Å². The van der Waals surface area contributed by atoms with E-state index >= 15 is 0 Å². The van der Waals surface area contributed by atoms with E-state index in [1.807, 2.05) is 0 Å². The van der Waals surface area contributed by atoms with Crippen LogP contribution < -0.4 is 10.1 Å². The molecule has 0 radical (unpaired) electrons. The van der Waals surface area contributed by atoms with Crippen molar-refractivity contribution in [3.8, 4) is 17.0 Å². The Kier molecular flexibility index (Phi) is 7.23. The van der Waals surface area contributed by atoms with E-state index in [1.54, 1.807) is 55.5 Å². The standard InChI is InChI=1S/C25H24F3N5O3S/c1-32-15-23(30-16-32)21-12-20(37(34,35)33(2)14-17-4-7-19(36-3)8-5-17)9-10-22(21)31-24-11-6-18(13-29-24)25(26,27)28/h4-13,15-16H,14H2,1-3H3,(H,29,31). The average Bonchev–Trinajstić information content (AvgIpc) is 3.30. The van der Waals surface area contributed by atoms with Crippen molar-refractivity contribution < 1.29 is 26.3 Å². The molecule has 0 atom stereocenters. The topological polar surface area (TPSA) is 89.4 Å². The maximum absolute atomic E-state index is 13.4. The van der Waals surface area contributed by atoms with Crippen LogP contribution in [0.2, 0.25) is 0 Å². The Hall–Kier alpha value is -3.90. The molecule has 0 unspecified atom stereocenters. The van der Waals surface area contributed by atoms with Gasteiger partial charge in [0.05, 0.1) is 29.6 Å². The van der Waals surface area contributed by atoms with E-state index in [1.165, 1.54) is 35.6 Å². The van der Waals surface area contributed by atoms with E-state index in [2.05, 4.69) is 15.3 Å². The SMILES string of the molecule is COc1ccc(CN(C)S(=O)(=O)c2ccc(Nc3ccc(C(F)(F)F)cn3)c(-c3cn(C)cn3)c2)cc1. The fourth-order valence-electron chi connectivity index (χ4n) is 3.58. The summed E-state index contributed by atoms with van der Waals surface area (Å²) in [7, 11) is 0.916. The van der Waals surface area contributed by atoms with Crippen molar-refractivity contribution in [2.45, 2.75) is 17.6 Å². The number of hydrogen-bond acceptors (Lipinski definition) is 6. The Morgan fingerprint density at radius 1 is 1.05 bits per heavy atom. The molecular formula is C25H24F3N5O3S. The number of nitrogens with one attached hydrogen (secondary N) is 1. The van der Waals surface area contributed by atoms with E-state index in [0.29, 0.717) is 22.7 Å². The number of ether oxygens (including phenoxy) is 1. The molecule has 8 nitrogen and oxygen atoms in total. The van der Waals surface area contributed by atoms with Gasteiger partial charge >= 0.3 is 6.18 Å². The lowest BCUT2D eigenvalue weighted by atomic mass is 10.1. The quantitative estimate of drug-likeness (QED) is 0.341. The second-order valence-corrected chi connectivity index (χ2v) is 10.3. The highest BCUT2D eigenvalue weighted by atomic mass is 32.2. The molecule has 0 fully saturated rings. The number of sulfonamides is 1. The molecule has 0 aliphatic rings. The minimum Gasteiger partial charge on any atom is -0.497 e. The fourth-order valence-corrected chi connectivity index (χ4v) is 4.77. The summed E-state index contributed by atoms with van der Waals surface area (Å²) in [5.41, 5.74) is 1.27. The molecule has 2 aromatic heterocycles. The van der Waals surface area contributed by atoms with Crippen LogP contribution >= 0.6 is 0 Å². The van der Waals surface area contributed by atoms with Gasteiger partial charge in [-0.1, -0.05) is 12.1 Å². The van der Waals surface area contributed by atoms with Gasteiger partial charge in [-0.25, -0.2) is 18.4 Å². The van der Waals surface area contributed by atoms with Gasteiger partial charge in [-0.2, -0.15) is 17.5 Å². The number of benzene rings is 2. The van der Waals surface area contributed by atoms with Gasteiger partial charge in [0.15, 0.2) is 0 Å². The lowest BCUT2D eigenvalue weighted by molar-refractivity contribution is -0.137. The second-order valence-electron chi connectivity index (χ2n) is 8.30. The molecule has 12 heteroatoms. The minimum absolute atomic E-state index is 0.0371.